The Hall–Kier alpha value is -0.480. The molecule has 0 bridgehead atoms. The zero-order chi connectivity index (χ0) is 15.5. The van der Waals surface area contributed by atoms with E-state index in [1.54, 1.807) is 5.57 Å². The van der Waals surface area contributed by atoms with Gasteiger partial charge in [-0.2, -0.15) is 0 Å². The Morgan fingerprint density at radius 2 is 1.82 bits per heavy atom. The first-order valence-electron chi connectivity index (χ1n) is 9.88. The first kappa shape index (κ1) is 15.1. The summed E-state index contributed by atoms with van der Waals surface area (Å²) in [4.78, 5) is 0. The Labute approximate surface area is 137 Å². The number of fused-ring (bicyclic) bond motifs is 5. The lowest BCUT2D eigenvalue weighted by Gasteiger charge is -2.60. The molecule has 4 aliphatic rings. The van der Waals surface area contributed by atoms with Crippen LogP contribution in [0.4, 0.5) is 0 Å². The fourth-order valence-electron chi connectivity index (χ4n) is 7.58. The van der Waals surface area contributed by atoms with Crippen LogP contribution in [0.1, 0.15) is 78.6 Å². The molecule has 0 nitrogen and oxygen atoms in total. The van der Waals surface area contributed by atoms with E-state index in [1.807, 2.05) is 0 Å². The van der Waals surface area contributed by atoms with Gasteiger partial charge in [0.05, 0.1) is 0 Å². The van der Waals surface area contributed by atoms with Crippen LogP contribution in [0.25, 0.3) is 0 Å². The largest absolute Gasteiger partial charge is 0.129 e. The minimum absolute atomic E-state index is 0.452. The molecule has 0 heterocycles. The molecule has 0 aromatic heterocycles. The molecule has 7 atom stereocenters. The van der Waals surface area contributed by atoms with Gasteiger partial charge in [-0.25, -0.2) is 0 Å². The van der Waals surface area contributed by atoms with Gasteiger partial charge in [-0.05, 0) is 97.4 Å². The summed E-state index contributed by atoms with van der Waals surface area (Å²) in [5, 5.41) is 0. The lowest BCUT2D eigenvalue weighted by atomic mass is 9.44. The highest BCUT2D eigenvalue weighted by Crippen LogP contribution is 2.67. The second-order valence-electron chi connectivity index (χ2n) is 9.69. The summed E-state index contributed by atoms with van der Waals surface area (Å²) in [6, 6.07) is 0. The van der Waals surface area contributed by atoms with Crippen LogP contribution >= 0.6 is 0 Å². The Bertz CT molecular complexity index is 510. The third-order valence-corrected chi connectivity index (χ3v) is 8.93. The minimum Gasteiger partial charge on any atom is -0.129 e. The van der Waals surface area contributed by atoms with Gasteiger partial charge in [0.25, 0.3) is 0 Å². The number of hydrogen-bond donors (Lipinski definition) is 0. The van der Waals surface area contributed by atoms with Crippen LogP contribution in [0, 0.1) is 40.4 Å². The molecule has 0 aromatic rings. The first-order valence-corrected chi connectivity index (χ1v) is 9.88. The van der Waals surface area contributed by atoms with Gasteiger partial charge in [0.15, 0.2) is 0 Å². The van der Waals surface area contributed by atoms with Crippen LogP contribution in [0.15, 0.2) is 17.9 Å². The summed E-state index contributed by atoms with van der Waals surface area (Å²) < 4.78 is 0. The molecule has 122 valence electrons. The monoisotopic (exact) mass is 298 g/mol. The summed E-state index contributed by atoms with van der Waals surface area (Å²) in [5.41, 5.74) is 6.02. The van der Waals surface area contributed by atoms with Crippen molar-refractivity contribution in [2.45, 2.75) is 78.6 Å². The zero-order valence-corrected chi connectivity index (χ0v) is 15.0. The Morgan fingerprint density at radius 1 is 1.00 bits per heavy atom. The van der Waals surface area contributed by atoms with Crippen molar-refractivity contribution in [3.05, 3.63) is 17.9 Å². The maximum absolute atomic E-state index is 4.01. The maximum Gasteiger partial charge on any atom is -0.000958 e. The van der Waals surface area contributed by atoms with Gasteiger partial charge in [-0.15, -0.1) is 5.73 Å². The van der Waals surface area contributed by atoms with Crippen LogP contribution in [0.2, 0.25) is 0 Å². The molecule has 0 amide bonds. The minimum atomic E-state index is 0.452. The van der Waals surface area contributed by atoms with E-state index >= 15 is 0 Å². The molecule has 4 saturated carbocycles. The van der Waals surface area contributed by atoms with Crippen molar-refractivity contribution in [2.75, 3.05) is 0 Å². The van der Waals surface area contributed by atoms with E-state index in [1.165, 1.54) is 57.8 Å². The van der Waals surface area contributed by atoms with Gasteiger partial charge in [0.2, 0.25) is 0 Å². The highest BCUT2D eigenvalue weighted by molar-refractivity contribution is 5.23. The van der Waals surface area contributed by atoms with Crippen molar-refractivity contribution in [1.82, 2.24) is 0 Å². The summed E-state index contributed by atoms with van der Waals surface area (Å²) in [6.07, 6.45) is 13.1. The van der Waals surface area contributed by atoms with Crippen molar-refractivity contribution in [3.63, 3.8) is 0 Å². The van der Waals surface area contributed by atoms with Crippen LogP contribution in [-0.2, 0) is 0 Å². The van der Waals surface area contributed by atoms with E-state index in [-0.39, 0.29) is 0 Å². The standard InChI is InChI=1S/C22H34/c1-5-16-7-9-19-18-8-6-17-14-15(2)10-12-22(17,4)20(18)11-13-21(16,19)3/h15,17-20H,1,6-14H2,2-4H3/t15-,17-,18-,19-,20-,21+,22-/m0/s1. The van der Waals surface area contributed by atoms with Crippen LogP contribution in [0.5, 0.6) is 0 Å². The molecule has 0 radical (unpaired) electrons. The van der Waals surface area contributed by atoms with Gasteiger partial charge in [0.1, 0.15) is 0 Å². The quantitative estimate of drug-likeness (QED) is 0.455. The first-order chi connectivity index (χ1) is 10.5. The van der Waals surface area contributed by atoms with Crippen LogP contribution in [0.3, 0.4) is 0 Å². The predicted octanol–water partition coefficient (Wildman–Crippen LogP) is 6.38. The summed E-state index contributed by atoms with van der Waals surface area (Å²) >= 11 is 0. The molecule has 22 heavy (non-hydrogen) atoms. The van der Waals surface area contributed by atoms with E-state index < -0.39 is 0 Å². The molecule has 0 N–H and O–H groups in total. The zero-order valence-electron chi connectivity index (χ0n) is 15.0. The second kappa shape index (κ2) is 5.01. The molecule has 4 fully saturated rings. The lowest BCUT2D eigenvalue weighted by Crippen LogP contribution is -2.52. The predicted molar refractivity (Wildman–Crippen MR) is 93.5 cm³/mol. The van der Waals surface area contributed by atoms with Crippen molar-refractivity contribution in [2.24, 2.45) is 40.4 Å². The topological polar surface area (TPSA) is 0 Å². The summed E-state index contributed by atoms with van der Waals surface area (Å²) in [6.45, 7) is 11.7. The van der Waals surface area contributed by atoms with Crippen molar-refractivity contribution in [1.29, 1.82) is 0 Å². The van der Waals surface area contributed by atoms with Gasteiger partial charge in [-0.1, -0.05) is 33.8 Å². The molecule has 0 heteroatoms. The van der Waals surface area contributed by atoms with Crippen molar-refractivity contribution >= 4 is 0 Å². The number of hydrogen-bond acceptors (Lipinski definition) is 0. The molecule has 0 aromatic carbocycles. The normalized spacial score (nSPS) is 54.1. The highest BCUT2D eigenvalue weighted by Gasteiger charge is 2.58. The highest BCUT2D eigenvalue weighted by atomic mass is 14.6. The van der Waals surface area contributed by atoms with Gasteiger partial charge in [0, 0.05) is 0 Å². The smallest absolute Gasteiger partial charge is 0.000958 e. The van der Waals surface area contributed by atoms with Gasteiger partial charge < -0.3 is 0 Å². The SMILES string of the molecule is C=C=C1CC[C@H]2[C@@H]3CC[C@H]4C[C@@H](C)CC[C@]4(C)[C@H]3CC[C@]12C. The second-order valence-corrected chi connectivity index (χ2v) is 9.69. The number of allylic oxidation sites excluding steroid dienone is 1. The Morgan fingerprint density at radius 3 is 2.59 bits per heavy atom. The van der Waals surface area contributed by atoms with Crippen LogP contribution < -0.4 is 0 Å². The number of rotatable bonds is 0. The fraction of sp³-hybridized carbons (Fsp3) is 0.864. The average molecular weight is 299 g/mol. The molecule has 0 saturated heterocycles. The Balaban J connectivity index is 1.65. The summed E-state index contributed by atoms with van der Waals surface area (Å²) in [7, 11) is 0. The van der Waals surface area contributed by atoms with Crippen LogP contribution in [-0.4, -0.2) is 0 Å². The van der Waals surface area contributed by atoms with Gasteiger partial charge >= 0.3 is 0 Å². The molecule has 4 rings (SSSR count). The summed E-state index contributed by atoms with van der Waals surface area (Å²) in [5.74, 6) is 4.95. The third-order valence-electron chi connectivity index (χ3n) is 8.93. The van der Waals surface area contributed by atoms with Crippen molar-refractivity contribution in [3.8, 4) is 0 Å². The van der Waals surface area contributed by atoms with Crippen molar-refractivity contribution < 1.29 is 0 Å². The Kier molecular flexibility index (Phi) is 3.43. The van der Waals surface area contributed by atoms with Gasteiger partial charge in [-0.3, -0.25) is 0 Å². The maximum atomic E-state index is 4.01. The fourth-order valence-corrected chi connectivity index (χ4v) is 7.58. The molecular formula is C22H34. The molecule has 0 spiro atoms. The van der Waals surface area contributed by atoms with E-state index in [0.717, 1.165) is 29.6 Å². The van der Waals surface area contributed by atoms with E-state index in [0.29, 0.717) is 10.8 Å². The molecular weight excluding hydrogens is 264 g/mol. The third kappa shape index (κ3) is 1.89. The van der Waals surface area contributed by atoms with E-state index in [9.17, 15) is 0 Å². The molecule has 4 aliphatic carbocycles. The lowest BCUT2D eigenvalue weighted by molar-refractivity contribution is -0.105. The van der Waals surface area contributed by atoms with E-state index in [2.05, 4.69) is 33.1 Å². The average Bonchev–Trinajstić information content (AvgIpc) is 2.84. The molecule has 0 unspecified atom stereocenters. The van der Waals surface area contributed by atoms with E-state index in [4.69, 9.17) is 0 Å². The molecule has 0 aliphatic heterocycles.